The molecule has 3 aromatic carbocycles. The standard InChI is InChI=1S/C24H19N3O4/c25-15-18-10-12-19(13-11-18)26-23(29)16-31-24(30)20-8-4-5-9-21(20)27-22(28)14-17-6-2-1-3-7-17/h1-13H,14,16H2,(H,26,29)(H,27,28). The van der Waals surface area contributed by atoms with Crippen molar-refractivity contribution in [2.45, 2.75) is 6.42 Å². The van der Waals surface area contributed by atoms with Crippen molar-refractivity contribution < 1.29 is 19.1 Å². The van der Waals surface area contributed by atoms with Gasteiger partial charge in [-0.15, -0.1) is 0 Å². The van der Waals surface area contributed by atoms with Crippen LogP contribution in [0.4, 0.5) is 11.4 Å². The highest BCUT2D eigenvalue weighted by Crippen LogP contribution is 2.17. The Morgan fingerprint density at radius 3 is 2.19 bits per heavy atom. The van der Waals surface area contributed by atoms with Gasteiger partial charge < -0.3 is 15.4 Å². The quantitative estimate of drug-likeness (QED) is 0.576. The molecule has 0 spiro atoms. The fourth-order valence-electron chi connectivity index (χ4n) is 2.78. The average Bonchev–Trinajstić information content (AvgIpc) is 2.79. The van der Waals surface area contributed by atoms with Gasteiger partial charge in [0.25, 0.3) is 5.91 Å². The van der Waals surface area contributed by atoms with E-state index in [-0.39, 0.29) is 17.9 Å². The molecule has 0 heterocycles. The Hall–Kier alpha value is -4.44. The molecule has 0 atom stereocenters. The van der Waals surface area contributed by atoms with Gasteiger partial charge in [-0.25, -0.2) is 4.79 Å². The second-order valence-corrected chi connectivity index (χ2v) is 6.57. The summed E-state index contributed by atoms with van der Waals surface area (Å²) < 4.78 is 5.09. The van der Waals surface area contributed by atoms with Gasteiger partial charge >= 0.3 is 5.97 Å². The number of nitrogens with zero attached hydrogens (tertiary/aromatic N) is 1. The number of ether oxygens (including phenoxy) is 1. The van der Waals surface area contributed by atoms with E-state index in [9.17, 15) is 14.4 Å². The third-order valence-electron chi connectivity index (χ3n) is 4.26. The molecule has 0 aliphatic carbocycles. The summed E-state index contributed by atoms with van der Waals surface area (Å²) in [4.78, 5) is 36.8. The molecular weight excluding hydrogens is 394 g/mol. The Morgan fingerprint density at radius 1 is 0.806 bits per heavy atom. The highest BCUT2D eigenvalue weighted by Gasteiger charge is 2.16. The average molecular weight is 413 g/mol. The number of nitrogens with one attached hydrogen (secondary N) is 2. The summed E-state index contributed by atoms with van der Waals surface area (Å²) in [7, 11) is 0. The molecule has 2 amide bonds. The molecule has 0 saturated carbocycles. The molecule has 0 saturated heterocycles. The summed E-state index contributed by atoms with van der Waals surface area (Å²) in [5, 5.41) is 14.1. The van der Waals surface area contributed by atoms with E-state index in [1.54, 1.807) is 42.5 Å². The molecule has 0 aliphatic rings. The minimum absolute atomic E-state index is 0.148. The highest BCUT2D eigenvalue weighted by molar-refractivity contribution is 6.02. The van der Waals surface area contributed by atoms with E-state index in [1.165, 1.54) is 6.07 Å². The molecule has 7 heteroatoms. The largest absolute Gasteiger partial charge is 0.452 e. The number of para-hydroxylation sites is 1. The van der Waals surface area contributed by atoms with Gasteiger partial charge in [-0.3, -0.25) is 9.59 Å². The number of anilines is 2. The summed E-state index contributed by atoms with van der Waals surface area (Å²) >= 11 is 0. The molecule has 2 N–H and O–H groups in total. The van der Waals surface area contributed by atoms with E-state index in [0.29, 0.717) is 16.9 Å². The first kappa shape index (κ1) is 21.3. The van der Waals surface area contributed by atoms with Crippen molar-refractivity contribution in [3.05, 3.63) is 95.6 Å². The van der Waals surface area contributed by atoms with E-state index in [4.69, 9.17) is 10.00 Å². The minimum atomic E-state index is -0.731. The molecular formula is C24H19N3O4. The van der Waals surface area contributed by atoms with Gasteiger partial charge in [-0.2, -0.15) is 5.26 Å². The highest BCUT2D eigenvalue weighted by atomic mass is 16.5. The number of benzene rings is 3. The lowest BCUT2D eigenvalue weighted by Crippen LogP contribution is -2.22. The number of nitriles is 1. The SMILES string of the molecule is N#Cc1ccc(NC(=O)COC(=O)c2ccccc2NC(=O)Cc2ccccc2)cc1. The first-order valence-corrected chi connectivity index (χ1v) is 9.45. The molecule has 0 aliphatic heterocycles. The number of hydrogen-bond donors (Lipinski definition) is 2. The van der Waals surface area contributed by atoms with Crippen molar-refractivity contribution in [3.63, 3.8) is 0 Å². The zero-order chi connectivity index (χ0) is 22.1. The second kappa shape index (κ2) is 10.4. The van der Waals surface area contributed by atoms with Crippen LogP contribution in [0.5, 0.6) is 0 Å². The van der Waals surface area contributed by atoms with E-state index in [0.717, 1.165) is 5.56 Å². The third-order valence-corrected chi connectivity index (χ3v) is 4.26. The Morgan fingerprint density at radius 2 is 1.48 bits per heavy atom. The summed E-state index contributed by atoms with van der Waals surface area (Å²) in [6, 6.07) is 23.9. The van der Waals surface area contributed by atoms with Gasteiger partial charge in [-0.05, 0) is 42.0 Å². The molecule has 0 bridgehead atoms. The van der Waals surface area contributed by atoms with Crippen LogP contribution in [0.3, 0.4) is 0 Å². The zero-order valence-corrected chi connectivity index (χ0v) is 16.5. The maximum absolute atomic E-state index is 12.5. The first-order valence-electron chi connectivity index (χ1n) is 9.45. The van der Waals surface area contributed by atoms with Gasteiger partial charge in [0.15, 0.2) is 6.61 Å². The Balaban J connectivity index is 1.57. The van der Waals surface area contributed by atoms with E-state index in [1.807, 2.05) is 36.4 Å². The van der Waals surface area contributed by atoms with Crippen molar-refractivity contribution in [1.82, 2.24) is 0 Å². The van der Waals surface area contributed by atoms with E-state index < -0.39 is 18.5 Å². The van der Waals surface area contributed by atoms with Crippen molar-refractivity contribution >= 4 is 29.2 Å². The molecule has 3 rings (SSSR count). The third kappa shape index (κ3) is 6.27. The van der Waals surface area contributed by atoms with Crippen LogP contribution in [-0.4, -0.2) is 24.4 Å². The monoisotopic (exact) mass is 413 g/mol. The van der Waals surface area contributed by atoms with Crippen LogP contribution in [0.15, 0.2) is 78.9 Å². The van der Waals surface area contributed by atoms with Crippen molar-refractivity contribution in [2.75, 3.05) is 17.2 Å². The number of esters is 1. The van der Waals surface area contributed by atoms with Crippen LogP contribution >= 0.6 is 0 Å². The molecule has 31 heavy (non-hydrogen) atoms. The van der Waals surface area contributed by atoms with Crippen molar-refractivity contribution in [1.29, 1.82) is 5.26 Å². The predicted molar refractivity (Wildman–Crippen MR) is 115 cm³/mol. The van der Waals surface area contributed by atoms with Crippen molar-refractivity contribution in [3.8, 4) is 6.07 Å². The smallest absolute Gasteiger partial charge is 0.340 e. The first-order chi connectivity index (χ1) is 15.0. The number of carbonyl (C=O) groups excluding carboxylic acids is 3. The molecule has 0 aromatic heterocycles. The summed E-state index contributed by atoms with van der Waals surface area (Å²) in [5.74, 6) is -1.53. The summed E-state index contributed by atoms with van der Waals surface area (Å²) in [5.41, 5.74) is 2.25. The van der Waals surface area contributed by atoms with Gasteiger partial charge in [0.2, 0.25) is 5.91 Å². The lowest BCUT2D eigenvalue weighted by molar-refractivity contribution is -0.119. The fourth-order valence-corrected chi connectivity index (χ4v) is 2.78. The summed E-state index contributed by atoms with van der Waals surface area (Å²) in [6.07, 6.45) is 0.164. The maximum Gasteiger partial charge on any atom is 0.340 e. The Kier molecular flexibility index (Phi) is 7.12. The molecule has 0 fully saturated rings. The van der Waals surface area contributed by atoms with E-state index in [2.05, 4.69) is 10.6 Å². The topological polar surface area (TPSA) is 108 Å². The van der Waals surface area contributed by atoms with Crippen LogP contribution in [0, 0.1) is 11.3 Å². The molecule has 3 aromatic rings. The lowest BCUT2D eigenvalue weighted by Gasteiger charge is -2.11. The number of carbonyl (C=O) groups is 3. The molecule has 7 nitrogen and oxygen atoms in total. The molecule has 0 radical (unpaired) electrons. The van der Waals surface area contributed by atoms with E-state index >= 15 is 0 Å². The van der Waals surface area contributed by atoms with Crippen LogP contribution in [0.1, 0.15) is 21.5 Å². The predicted octanol–water partition coefficient (Wildman–Crippen LogP) is 3.53. The number of hydrogen-bond acceptors (Lipinski definition) is 5. The fraction of sp³-hybridized carbons (Fsp3) is 0.0833. The zero-order valence-electron chi connectivity index (χ0n) is 16.5. The Bertz CT molecular complexity index is 1120. The van der Waals surface area contributed by atoms with Gasteiger partial charge in [-0.1, -0.05) is 42.5 Å². The molecule has 154 valence electrons. The van der Waals surface area contributed by atoms with Crippen LogP contribution in [0.2, 0.25) is 0 Å². The van der Waals surface area contributed by atoms with Crippen LogP contribution < -0.4 is 10.6 Å². The van der Waals surface area contributed by atoms with Gasteiger partial charge in [0.1, 0.15) is 0 Å². The summed E-state index contributed by atoms with van der Waals surface area (Å²) in [6.45, 7) is -0.495. The van der Waals surface area contributed by atoms with Gasteiger partial charge in [0.05, 0.1) is 29.3 Å². The van der Waals surface area contributed by atoms with Gasteiger partial charge in [0, 0.05) is 5.69 Å². The number of amides is 2. The molecule has 0 unspecified atom stereocenters. The second-order valence-electron chi connectivity index (χ2n) is 6.57. The maximum atomic E-state index is 12.5. The van der Waals surface area contributed by atoms with Crippen LogP contribution in [0.25, 0.3) is 0 Å². The van der Waals surface area contributed by atoms with Crippen molar-refractivity contribution in [2.24, 2.45) is 0 Å². The minimum Gasteiger partial charge on any atom is -0.452 e. The Labute approximate surface area is 179 Å². The van der Waals surface area contributed by atoms with Crippen LogP contribution in [-0.2, 0) is 20.7 Å². The number of rotatable bonds is 7. The normalized spacial score (nSPS) is 9.90. The lowest BCUT2D eigenvalue weighted by atomic mass is 10.1.